The number of hydrogen-bond acceptors (Lipinski definition) is 4. The molecule has 4 aromatic rings. The zero-order chi connectivity index (χ0) is 19.4. The maximum Gasteiger partial charge on any atom is 0.226 e. The van der Waals surface area contributed by atoms with Gasteiger partial charge in [0.15, 0.2) is 0 Å². The average Bonchev–Trinajstić information content (AvgIpc) is 3.22. The second-order valence-corrected chi connectivity index (χ2v) is 8.40. The van der Waals surface area contributed by atoms with Crippen LogP contribution >= 0.6 is 11.3 Å². The molecule has 0 unspecified atom stereocenters. The molecule has 28 heavy (non-hydrogen) atoms. The Hall–Kier alpha value is -2.99. The van der Waals surface area contributed by atoms with Gasteiger partial charge in [0.1, 0.15) is 5.82 Å². The normalized spacial score (nSPS) is 16.2. The number of hydrogen-bond donors (Lipinski definition) is 1. The van der Waals surface area contributed by atoms with Gasteiger partial charge in [0, 0.05) is 17.9 Å². The number of thiazole rings is 1. The Balaban J connectivity index is 1.69. The SMILES string of the molecule is Cc1ccc([C@H]2CC(=O)Nc3c2c(C)nn3-c2nc3ccccc3s2)c(C)c1. The fourth-order valence-electron chi connectivity index (χ4n) is 4.12. The van der Waals surface area contributed by atoms with E-state index in [4.69, 9.17) is 10.1 Å². The molecule has 140 valence electrons. The van der Waals surface area contributed by atoms with Crippen molar-refractivity contribution >= 4 is 33.3 Å². The molecule has 0 bridgehead atoms. The Morgan fingerprint density at radius 1 is 1.14 bits per heavy atom. The van der Waals surface area contributed by atoms with Gasteiger partial charge in [-0.1, -0.05) is 47.2 Å². The molecule has 0 radical (unpaired) electrons. The maximum absolute atomic E-state index is 12.6. The number of carbonyl (C=O) groups is 1. The number of para-hydroxylation sites is 1. The van der Waals surface area contributed by atoms with Gasteiger partial charge in [-0.15, -0.1) is 0 Å². The third-order valence-corrected chi connectivity index (χ3v) is 6.38. The highest BCUT2D eigenvalue weighted by atomic mass is 32.1. The second kappa shape index (κ2) is 6.27. The lowest BCUT2D eigenvalue weighted by Crippen LogP contribution is -2.25. The Kier molecular flexibility index (Phi) is 3.84. The van der Waals surface area contributed by atoms with Crippen molar-refractivity contribution in [3.63, 3.8) is 0 Å². The first-order valence-electron chi connectivity index (χ1n) is 9.33. The van der Waals surface area contributed by atoms with E-state index in [1.54, 1.807) is 16.0 Å². The Morgan fingerprint density at radius 3 is 2.75 bits per heavy atom. The van der Waals surface area contributed by atoms with Gasteiger partial charge in [0.25, 0.3) is 0 Å². The Labute approximate surface area is 167 Å². The summed E-state index contributed by atoms with van der Waals surface area (Å²) in [5.41, 5.74) is 6.58. The van der Waals surface area contributed by atoms with Gasteiger partial charge in [-0.25, -0.2) is 4.98 Å². The van der Waals surface area contributed by atoms with Crippen LogP contribution in [-0.4, -0.2) is 20.7 Å². The van der Waals surface area contributed by atoms with Crippen LogP contribution in [0.4, 0.5) is 5.82 Å². The number of aryl methyl sites for hydroxylation is 3. The third kappa shape index (κ3) is 2.64. The number of carbonyl (C=O) groups excluding carboxylic acids is 1. The molecule has 1 amide bonds. The molecule has 2 aromatic heterocycles. The Morgan fingerprint density at radius 2 is 1.96 bits per heavy atom. The van der Waals surface area contributed by atoms with Crippen LogP contribution in [0.25, 0.3) is 15.3 Å². The number of anilines is 1. The lowest BCUT2D eigenvalue weighted by molar-refractivity contribution is -0.116. The van der Waals surface area contributed by atoms with Gasteiger partial charge in [-0.2, -0.15) is 9.78 Å². The van der Waals surface area contributed by atoms with E-state index in [1.165, 1.54) is 16.7 Å². The predicted molar refractivity (Wildman–Crippen MR) is 112 cm³/mol. The van der Waals surface area contributed by atoms with E-state index in [9.17, 15) is 4.79 Å². The summed E-state index contributed by atoms with van der Waals surface area (Å²) in [6, 6.07) is 14.5. The van der Waals surface area contributed by atoms with Gasteiger partial charge in [0.05, 0.1) is 15.9 Å². The molecule has 0 saturated heterocycles. The van der Waals surface area contributed by atoms with Crippen LogP contribution in [0.5, 0.6) is 0 Å². The summed E-state index contributed by atoms with van der Waals surface area (Å²) in [4.78, 5) is 17.3. The van der Waals surface area contributed by atoms with Gasteiger partial charge < -0.3 is 5.32 Å². The van der Waals surface area contributed by atoms with Crippen LogP contribution < -0.4 is 5.32 Å². The van der Waals surface area contributed by atoms with Crippen molar-refractivity contribution in [2.75, 3.05) is 5.32 Å². The van der Waals surface area contributed by atoms with Gasteiger partial charge in [0.2, 0.25) is 11.0 Å². The molecule has 0 aliphatic carbocycles. The maximum atomic E-state index is 12.6. The molecule has 1 N–H and O–H groups in total. The molecule has 0 saturated carbocycles. The van der Waals surface area contributed by atoms with Crippen molar-refractivity contribution in [1.82, 2.24) is 14.8 Å². The van der Waals surface area contributed by atoms with Gasteiger partial charge >= 0.3 is 0 Å². The summed E-state index contributed by atoms with van der Waals surface area (Å²) in [5.74, 6) is 0.769. The zero-order valence-corrected chi connectivity index (χ0v) is 16.8. The topological polar surface area (TPSA) is 59.8 Å². The number of amides is 1. The first kappa shape index (κ1) is 17.1. The van der Waals surface area contributed by atoms with Crippen molar-refractivity contribution in [3.8, 4) is 5.13 Å². The highest BCUT2D eigenvalue weighted by Gasteiger charge is 2.33. The standard InChI is InChI=1S/C22H20N4OS/c1-12-8-9-15(13(2)10-12)16-11-19(27)24-21-20(16)14(3)25-26(21)22-23-17-6-4-5-7-18(17)28-22/h4-10,16H,11H2,1-3H3,(H,24,27)/t16-/m1/s1. The quantitative estimate of drug-likeness (QED) is 0.532. The summed E-state index contributed by atoms with van der Waals surface area (Å²) in [5, 5.41) is 8.59. The average molecular weight is 388 g/mol. The van der Waals surface area contributed by atoms with Crippen LogP contribution in [0.3, 0.4) is 0 Å². The van der Waals surface area contributed by atoms with E-state index in [1.807, 2.05) is 25.1 Å². The molecule has 3 heterocycles. The van der Waals surface area contributed by atoms with Crippen LogP contribution in [0, 0.1) is 20.8 Å². The fourth-order valence-corrected chi connectivity index (χ4v) is 5.04. The van der Waals surface area contributed by atoms with Crippen LogP contribution in [-0.2, 0) is 4.79 Å². The molecule has 1 aliphatic rings. The number of nitrogens with one attached hydrogen (secondary N) is 1. The summed E-state index contributed by atoms with van der Waals surface area (Å²) in [6.07, 6.45) is 0.434. The minimum Gasteiger partial charge on any atom is -0.310 e. The second-order valence-electron chi connectivity index (χ2n) is 7.39. The van der Waals surface area contributed by atoms with Crippen LogP contribution in [0.1, 0.15) is 40.3 Å². The summed E-state index contributed by atoms with van der Waals surface area (Å²) < 4.78 is 2.90. The lowest BCUT2D eigenvalue weighted by atomic mass is 9.83. The first-order valence-corrected chi connectivity index (χ1v) is 10.2. The number of fused-ring (bicyclic) bond motifs is 2. The molecule has 0 spiro atoms. The monoisotopic (exact) mass is 388 g/mol. The van der Waals surface area contributed by atoms with E-state index >= 15 is 0 Å². The van der Waals surface area contributed by atoms with E-state index in [0.29, 0.717) is 6.42 Å². The predicted octanol–water partition coefficient (Wildman–Crippen LogP) is 4.88. The minimum atomic E-state index is 0.00692. The van der Waals surface area contributed by atoms with Crippen molar-refractivity contribution in [3.05, 3.63) is 70.4 Å². The molecule has 1 aliphatic heterocycles. The van der Waals surface area contributed by atoms with E-state index < -0.39 is 0 Å². The van der Waals surface area contributed by atoms with Crippen molar-refractivity contribution < 1.29 is 4.79 Å². The highest BCUT2D eigenvalue weighted by molar-refractivity contribution is 7.20. The largest absolute Gasteiger partial charge is 0.310 e. The lowest BCUT2D eigenvalue weighted by Gasteiger charge is -2.25. The smallest absolute Gasteiger partial charge is 0.226 e. The van der Waals surface area contributed by atoms with Crippen molar-refractivity contribution in [2.24, 2.45) is 0 Å². The highest BCUT2D eigenvalue weighted by Crippen LogP contribution is 2.42. The summed E-state index contributed by atoms with van der Waals surface area (Å²) >= 11 is 1.58. The molecular formula is C22H20N4OS. The molecule has 6 heteroatoms. The minimum absolute atomic E-state index is 0.00692. The summed E-state index contributed by atoms with van der Waals surface area (Å²) in [7, 11) is 0. The molecule has 2 aromatic carbocycles. The number of rotatable bonds is 2. The molecule has 0 fully saturated rings. The number of nitrogens with zero attached hydrogens (tertiary/aromatic N) is 3. The Bertz CT molecular complexity index is 1200. The van der Waals surface area contributed by atoms with Crippen LogP contribution in [0.2, 0.25) is 0 Å². The van der Waals surface area contributed by atoms with E-state index in [2.05, 4.69) is 43.4 Å². The molecule has 5 nitrogen and oxygen atoms in total. The number of benzene rings is 2. The third-order valence-electron chi connectivity index (χ3n) is 5.37. The first-order chi connectivity index (χ1) is 13.5. The molecule has 5 rings (SSSR count). The zero-order valence-electron chi connectivity index (χ0n) is 16.0. The molecular weight excluding hydrogens is 368 g/mol. The van der Waals surface area contributed by atoms with Gasteiger partial charge in [-0.3, -0.25) is 4.79 Å². The van der Waals surface area contributed by atoms with Crippen LogP contribution in [0.15, 0.2) is 42.5 Å². The van der Waals surface area contributed by atoms with E-state index in [-0.39, 0.29) is 11.8 Å². The van der Waals surface area contributed by atoms with E-state index in [0.717, 1.165) is 32.4 Å². The van der Waals surface area contributed by atoms with Crippen molar-refractivity contribution in [1.29, 1.82) is 0 Å². The van der Waals surface area contributed by atoms with Gasteiger partial charge in [-0.05, 0) is 44.0 Å². The van der Waals surface area contributed by atoms with Crippen molar-refractivity contribution in [2.45, 2.75) is 33.1 Å². The summed E-state index contributed by atoms with van der Waals surface area (Å²) in [6.45, 7) is 6.21. The molecule has 1 atom stereocenters. The fraction of sp³-hybridized carbons (Fsp3) is 0.227. The number of aromatic nitrogens is 3.